The summed E-state index contributed by atoms with van der Waals surface area (Å²) >= 11 is 0. The van der Waals surface area contributed by atoms with Gasteiger partial charge in [0.15, 0.2) is 0 Å². The van der Waals surface area contributed by atoms with Gasteiger partial charge in [-0.2, -0.15) is 0 Å². The van der Waals surface area contributed by atoms with Crippen LogP contribution in [0.25, 0.3) is 0 Å². The van der Waals surface area contributed by atoms with Gasteiger partial charge in [0.05, 0.1) is 18.1 Å². The van der Waals surface area contributed by atoms with E-state index in [4.69, 9.17) is 4.74 Å². The summed E-state index contributed by atoms with van der Waals surface area (Å²) in [7, 11) is 0. The van der Waals surface area contributed by atoms with Crippen LogP contribution in [-0.2, 0) is 16.1 Å². The smallest absolute Gasteiger partial charge is 0.227 e. The predicted molar refractivity (Wildman–Crippen MR) is 102 cm³/mol. The van der Waals surface area contributed by atoms with E-state index in [-0.39, 0.29) is 17.4 Å². The van der Waals surface area contributed by atoms with Gasteiger partial charge in [-0.05, 0) is 30.9 Å². The van der Waals surface area contributed by atoms with Crippen LogP contribution in [0.1, 0.15) is 31.2 Å². The second-order valence-corrected chi connectivity index (χ2v) is 8.15. The lowest BCUT2D eigenvalue weighted by Gasteiger charge is -2.38. The van der Waals surface area contributed by atoms with Gasteiger partial charge < -0.3 is 15.4 Å². The molecule has 4 rings (SSSR count). The van der Waals surface area contributed by atoms with Gasteiger partial charge in [-0.15, -0.1) is 0 Å². The summed E-state index contributed by atoms with van der Waals surface area (Å²) in [5, 5.41) is 6.70. The van der Waals surface area contributed by atoms with Gasteiger partial charge in [0.2, 0.25) is 5.91 Å². The standard InChI is InChI=1S/C21H31N3O2/c25-20(21-9-5-4-8-18(21)12-22-16-21)23-13-19-15-24(10-11-26-19)14-17-6-2-1-3-7-17/h1-3,6-7,18-19,22H,4-5,8-16H2,(H,23,25)/t18-,19?,21+/m0/s1. The van der Waals surface area contributed by atoms with E-state index in [0.29, 0.717) is 12.5 Å². The van der Waals surface area contributed by atoms with E-state index in [2.05, 4.69) is 45.9 Å². The number of nitrogens with one attached hydrogen (secondary N) is 2. The molecule has 1 amide bonds. The van der Waals surface area contributed by atoms with Gasteiger partial charge in [0, 0.05) is 32.7 Å². The van der Waals surface area contributed by atoms with Crippen LogP contribution in [0.15, 0.2) is 30.3 Å². The number of benzene rings is 1. The predicted octanol–water partition coefficient (Wildman–Crippen LogP) is 1.78. The first-order valence-corrected chi connectivity index (χ1v) is 10.1. The van der Waals surface area contributed by atoms with Crippen molar-refractivity contribution in [2.75, 3.05) is 39.3 Å². The number of hydrogen-bond acceptors (Lipinski definition) is 4. The Bertz CT molecular complexity index is 609. The lowest BCUT2D eigenvalue weighted by molar-refractivity contribution is -0.135. The van der Waals surface area contributed by atoms with Crippen molar-refractivity contribution in [1.82, 2.24) is 15.5 Å². The van der Waals surface area contributed by atoms with Gasteiger partial charge in [-0.25, -0.2) is 0 Å². The van der Waals surface area contributed by atoms with Crippen molar-refractivity contribution >= 4 is 5.91 Å². The third-order valence-corrected chi connectivity index (χ3v) is 6.45. The Morgan fingerprint density at radius 1 is 1.31 bits per heavy atom. The Morgan fingerprint density at radius 3 is 3.08 bits per heavy atom. The minimum Gasteiger partial charge on any atom is -0.374 e. The molecule has 2 aliphatic heterocycles. The Hall–Kier alpha value is -1.43. The van der Waals surface area contributed by atoms with Gasteiger partial charge in [-0.3, -0.25) is 9.69 Å². The van der Waals surface area contributed by atoms with Crippen LogP contribution in [0.5, 0.6) is 0 Å². The zero-order valence-corrected chi connectivity index (χ0v) is 15.6. The SMILES string of the molecule is O=C(NCC1CN(Cc2ccccc2)CCO1)[C@@]12CCCC[C@H]1CNC2. The number of ether oxygens (including phenoxy) is 1. The van der Waals surface area contributed by atoms with Crippen molar-refractivity contribution in [2.45, 2.75) is 38.3 Å². The fraction of sp³-hybridized carbons (Fsp3) is 0.667. The lowest BCUT2D eigenvalue weighted by Crippen LogP contribution is -2.52. The summed E-state index contributed by atoms with van der Waals surface area (Å²) in [6, 6.07) is 10.6. The molecule has 142 valence electrons. The normalized spacial score (nSPS) is 32.2. The second kappa shape index (κ2) is 8.07. The lowest BCUT2D eigenvalue weighted by atomic mass is 9.67. The van der Waals surface area contributed by atoms with E-state index in [1.54, 1.807) is 0 Å². The van der Waals surface area contributed by atoms with E-state index in [9.17, 15) is 4.79 Å². The topological polar surface area (TPSA) is 53.6 Å². The van der Waals surface area contributed by atoms with E-state index >= 15 is 0 Å². The Morgan fingerprint density at radius 2 is 2.19 bits per heavy atom. The molecule has 1 unspecified atom stereocenters. The highest BCUT2D eigenvalue weighted by Crippen LogP contribution is 2.43. The fourth-order valence-corrected chi connectivity index (χ4v) is 4.96. The van der Waals surface area contributed by atoms with Crippen molar-refractivity contribution in [3.05, 3.63) is 35.9 Å². The summed E-state index contributed by atoms with van der Waals surface area (Å²) in [6.07, 6.45) is 4.75. The molecule has 0 radical (unpaired) electrons. The van der Waals surface area contributed by atoms with Crippen LogP contribution in [0.2, 0.25) is 0 Å². The minimum atomic E-state index is -0.170. The number of hydrogen-bond donors (Lipinski definition) is 2. The molecule has 1 aromatic carbocycles. The number of carbonyl (C=O) groups is 1. The van der Waals surface area contributed by atoms with Crippen LogP contribution in [-0.4, -0.2) is 56.2 Å². The average Bonchev–Trinajstić information content (AvgIpc) is 3.12. The van der Waals surface area contributed by atoms with Crippen LogP contribution >= 0.6 is 0 Å². The number of amides is 1. The molecule has 1 saturated carbocycles. The Balaban J connectivity index is 1.29. The van der Waals surface area contributed by atoms with Gasteiger partial charge in [-0.1, -0.05) is 43.2 Å². The third-order valence-electron chi connectivity index (χ3n) is 6.45. The Kier molecular flexibility index (Phi) is 5.57. The third kappa shape index (κ3) is 3.80. The number of rotatable bonds is 5. The van der Waals surface area contributed by atoms with Crippen molar-refractivity contribution < 1.29 is 9.53 Å². The van der Waals surface area contributed by atoms with Crippen LogP contribution in [0.3, 0.4) is 0 Å². The van der Waals surface area contributed by atoms with Crippen molar-refractivity contribution in [3.63, 3.8) is 0 Å². The maximum absolute atomic E-state index is 13.0. The maximum atomic E-state index is 13.0. The van der Waals surface area contributed by atoms with E-state index in [1.807, 2.05) is 0 Å². The molecule has 0 bridgehead atoms. The molecule has 5 heteroatoms. The molecular formula is C21H31N3O2. The number of morpholine rings is 1. The van der Waals surface area contributed by atoms with Gasteiger partial charge in [0.25, 0.3) is 0 Å². The molecule has 1 aromatic rings. The van der Waals surface area contributed by atoms with Crippen LogP contribution in [0.4, 0.5) is 0 Å². The van der Waals surface area contributed by atoms with Crippen LogP contribution in [0, 0.1) is 11.3 Å². The van der Waals surface area contributed by atoms with Crippen LogP contribution < -0.4 is 10.6 Å². The fourth-order valence-electron chi connectivity index (χ4n) is 4.96. The highest BCUT2D eigenvalue weighted by Gasteiger charge is 2.49. The van der Waals surface area contributed by atoms with E-state index < -0.39 is 0 Å². The first-order valence-electron chi connectivity index (χ1n) is 10.1. The van der Waals surface area contributed by atoms with E-state index in [0.717, 1.165) is 45.8 Å². The largest absolute Gasteiger partial charge is 0.374 e. The summed E-state index contributed by atoms with van der Waals surface area (Å²) in [6.45, 7) is 5.98. The molecule has 3 atom stereocenters. The molecule has 2 saturated heterocycles. The van der Waals surface area contributed by atoms with Gasteiger partial charge in [0.1, 0.15) is 0 Å². The molecule has 5 nitrogen and oxygen atoms in total. The highest BCUT2D eigenvalue weighted by molar-refractivity contribution is 5.83. The van der Waals surface area contributed by atoms with Crippen molar-refractivity contribution in [3.8, 4) is 0 Å². The molecule has 0 aromatic heterocycles. The zero-order chi connectivity index (χ0) is 17.8. The second-order valence-electron chi connectivity index (χ2n) is 8.15. The summed E-state index contributed by atoms with van der Waals surface area (Å²) < 4.78 is 5.92. The minimum absolute atomic E-state index is 0.0872. The monoisotopic (exact) mass is 357 g/mol. The Labute approximate surface area is 156 Å². The number of carbonyl (C=O) groups excluding carboxylic acids is 1. The first kappa shape index (κ1) is 18.0. The maximum Gasteiger partial charge on any atom is 0.227 e. The summed E-state index contributed by atoms with van der Waals surface area (Å²) in [4.78, 5) is 15.4. The quantitative estimate of drug-likeness (QED) is 0.844. The number of nitrogens with zero attached hydrogens (tertiary/aromatic N) is 1. The molecule has 2 N–H and O–H groups in total. The molecule has 2 heterocycles. The highest BCUT2D eigenvalue weighted by atomic mass is 16.5. The molecule has 1 aliphatic carbocycles. The summed E-state index contributed by atoms with van der Waals surface area (Å²) in [5.74, 6) is 0.758. The van der Waals surface area contributed by atoms with Crippen molar-refractivity contribution in [2.24, 2.45) is 11.3 Å². The van der Waals surface area contributed by atoms with E-state index in [1.165, 1.54) is 24.8 Å². The first-order chi connectivity index (χ1) is 12.8. The molecular weight excluding hydrogens is 326 g/mol. The zero-order valence-electron chi connectivity index (χ0n) is 15.6. The summed E-state index contributed by atoms with van der Waals surface area (Å²) in [5.41, 5.74) is 1.16. The molecule has 3 fully saturated rings. The molecule has 0 spiro atoms. The molecule has 3 aliphatic rings. The number of fused-ring (bicyclic) bond motifs is 1. The van der Waals surface area contributed by atoms with Crippen molar-refractivity contribution in [1.29, 1.82) is 0 Å². The molecule has 26 heavy (non-hydrogen) atoms. The van der Waals surface area contributed by atoms with Gasteiger partial charge >= 0.3 is 0 Å². The average molecular weight is 357 g/mol.